The minimum Gasteiger partial charge on any atom is -0.492 e. The quantitative estimate of drug-likeness (QED) is 0.880. The Balaban J connectivity index is 1.55. The molecule has 20 heavy (non-hydrogen) atoms. The maximum absolute atomic E-state index is 9.47. The maximum atomic E-state index is 9.47. The van der Waals surface area contributed by atoms with Gasteiger partial charge in [-0.1, -0.05) is 30.3 Å². The van der Waals surface area contributed by atoms with Gasteiger partial charge in [-0.05, 0) is 22.9 Å². The summed E-state index contributed by atoms with van der Waals surface area (Å²) < 4.78 is 5.74. The predicted molar refractivity (Wildman–Crippen MR) is 77.9 cm³/mol. The highest BCUT2D eigenvalue weighted by molar-refractivity contribution is 5.83. The zero-order valence-electron chi connectivity index (χ0n) is 11.3. The zero-order chi connectivity index (χ0) is 13.9. The highest BCUT2D eigenvalue weighted by Gasteiger charge is 2.28. The van der Waals surface area contributed by atoms with Crippen LogP contribution in [0.4, 0.5) is 0 Å². The van der Waals surface area contributed by atoms with E-state index in [2.05, 4.69) is 12.1 Å². The number of hydrogen-bond donors (Lipinski definition) is 2. The van der Waals surface area contributed by atoms with Gasteiger partial charge in [0.2, 0.25) is 0 Å². The van der Waals surface area contributed by atoms with E-state index < -0.39 is 12.2 Å². The standard InChI is InChI=1S/C16H19NO3/c18-15-10-17(11-16(15)19)7-8-20-14-6-5-12-3-1-2-4-13(12)9-14/h1-6,9,15-16,18-19H,7-8,10-11H2/t15-,16+. The molecular formula is C16H19NO3. The summed E-state index contributed by atoms with van der Waals surface area (Å²) in [4.78, 5) is 2.01. The van der Waals surface area contributed by atoms with E-state index in [1.54, 1.807) is 0 Å². The largest absolute Gasteiger partial charge is 0.492 e. The van der Waals surface area contributed by atoms with Crippen molar-refractivity contribution in [2.24, 2.45) is 0 Å². The van der Waals surface area contributed by atoms with Crippen LogP contribution in [0.1, 0.15) is 0 Å². The van der Waals surface area contributed by atoms with Gasteiger partial charge in [0.1, 0.15) is 12.4 Å². The lowest BCUT2D eigenvalue weighted by Crippen LogP contribution is -2.27. The lowest BCUT2D eigenvalue weighted by Gasteiger charge is -2.15. The number of aliphatic hydroxyl groups excluding tert-OH is 2. The van der Waals surface area contributed by atoms with Crippen molar-refractivity contribution in [3.8, 4) is 5.75 Å². The summed E-state index contributed by atoms with van der Waals surface area (Å²) in [6.45, 7) is 2.29. The van der Waals surface area contributed by atoms with Crippen molar-refractivity contribution in [1.29, 1.82) is 0 Å². The van der Waals surface area contributed by atoms with Crippen LogP contribution >= 0.6 is 0 Å². The molecule has 0 bridgehead atoms. The van der Waals surface area contributed by atoms with Crippen LogP contribution in [-0.2, 0) is 0 Å². The number of benzene rings is 2. The van der Waals surface area contributed by atoms with Gasteiger partial charge in [0.15, 0.2) is 0 Å². The predicted octanol–water partition coefficient (Wildman–Crippen LogP) is 1.26. The van der Waals surface area contributed by atoms with Crippen LogP contribution in [0, 0.1) is 0 Å². The molecule has 0 unspecified atom stereocenters. The van der Waals surface area contributed by atoms with Gasteiger partial charge in [-0.25, -0.2) is 0 Å². The van der Waals surface area contributed by atoms with Gasteiger partial charge in [0, 0.05) is 19.6 Å². The average Bonchev–Trinajstić information content (AvgIpc) is 2.77. The molecular weight excluding hydrogens is 254 g/mol. The Morgan fingerprint density at radius 1 is 1.00 bits per heavy atom. The number of ether oxygens (including phenoxy) is 1. The fourth-order valence-corrected chi connectivity index (χ4v) is 2.58. The highest BCUT2D eigenvalue weighted by atomic mass is 16.5. The van der Waals surface area contributed by atoms with Crippen LogP contribution in [0.5, 0.6) is 5.75 Å². The molecule has 2 atom stereocenters. The van der Waals surface area contributed by atoms with Crippen LogP contribution in [-0.4, -0.2) is 53.6 Å². The first-order valence-corrected chi connectivity index (χ1v) is 6.92. The van der Waals surface area contributed by atoms with Crippen LogP contribution < -0.4 is 4.74 Å². The normalized spacial score (nSPS) is 23.3. The molecule has 0 spiro atoms. The number of rotatable bonds is 4. The number of aliphatic hydroxyl groups is 2. The van der Waals surface area contributed by atoms with E-state index in [0.717, 1.165) is 11.1 Å². The topological polar surface area (TPSA) is 52.9 Å². The van der Waals surface area contributed by atoms with E-state index in [0.29, 0.717) is 26.2 Å². The van der Waals surface area contributed by atoms with E-state index in [1.165, 1.54) is 5.39 Å². The number of hydrogen-bond acceptors (Lipinski definition) is 4. The molecule has 1 aliphatic heterocycles. The van der Waals surface area contributed by atoms with Crippen molar-refractivity contribution in [1.82, 2.24) is 4.90 Å². The Labute approximate surface area is 118 Å². The molecule has 1 heterocycles. The molecule has 4 heteroatoms. The van der Waals surface area contributed by atoms with Crippen LogP contribution in [0.25, 0.3) is 10.8 Å². The monoisotopic (exact) mass is 273 g/mol. The van der Waals surface area contributed by atoms with Crippen LogP contribution in [0.3, 0.4) is 0 Å². The van der Waals surface area contributed by atoms with Gasteiger partial charge >= 0.3 is 0 Å². The molecule has 2 aromatic carbocycles. The van der Waals surface area contributed by atoms with Gasteiger partial charge < -0.3 is 14.9 Å². The molecule has 2 aromatic rings. The maximum Gasteiger partial charge on any atom is 0.120 e. The van der Waals surface area contributed by atoms with E-state index in [9.17, 15) is 10.2 Å². The van der Waals surface area contributed by atoms with Crippen molar-refractivity contribution in [2.45, 2.75) is 12.2 Å². The second-order valence-corrected chi connectivity index (χ2v) is 5.25. The fraction of sp³-hybridized carbons (Fsp3) is 0.375. The van der Waals surface area contributed by atoms with E-state index in [-0.39, 0.29) is 0 Å². The molecule has 2 N–H and O–H groups in total. The Morgan fingerprint density at radius 2 is 1.70 bits per heavy atom. The molecule has 0 aliphatic carbocycles. The van der Waals surface area contributed by atoms with Crippen molar-refractivity contribution in [2.75, 3.05) is 26.2 Å². The van der Waals surface area contributed by atoms with Gasteiger partial charge in [-0.2, -0.15) is 0 Å². The Bertz CT molecular complexity index is 577. The number of β-amino-alcohol motifs (C(OH)–C–C–N with tert-alkyl or cyclic N) is 2. The average molecular weight is 273 g/mol. The summed E-state index contributed by atoms with van der Waals surface area (Å²) in [5, 5.41) is 21.3. The SMILES string of the molecule is O[C@@H]1CN(CCOc2ccc3ccccc3c2)C[C@@H]1O. The van der Waals surface area contributed by atoms with Crippen molar-refractivity contribution in [3.05, 3.63) is 42.5 Å². The molecule has 0 radical (unpaired) electrons. The lowest BCUT2D eigenvalue weighted by atomic mass is 10.1. The van der Waals surface area contributed by atoms with Crippen LogP contribution in [0.2, 0.25) is 0 Å². The Hall–Kier alpha value is -1.62. The first-order chi connectivity index (χ1) is 9.72. The molecule has 1 aliphatic rings. The smallest absolute Gasteiger partial charge is 0.120 e. The van der Waals surface area contributed by atoms with Crippen molar-refractivity contribution in [3.63, 3.8) is 0 Å². The molecule has 106 valence electrons. The second kappa shape index (κ2) is 5.79. The first kappa shape index (κ1) is 13.4. The van der Waals surface area contributed by atoms with E-state index in [4.69, 9.17) is 4.74 Å². The molecule has 4 nitrogen and oxygen atoms in total. The molecule has 1 fully saturated rings. The lowest BCUT2D eigenvalue weighted by molar-refractivity contribution is 0.0572. The van der Waals surface area contributed by atoms with Crippen molar-refractivity contribution >= 4 is 10.8 Å². The number of nitrogens with zero attached hydrogens (tertiary/aromatic N) is 1. The van der Waals surface area contributed by atoms with E-state index in [1.807, 2.05) is 35.2 Å². The van der Waals surface area contributed by atoms with Gasteiger partial charge in [-0.15, -0.1) is 0 Å². The summed E-state index contributed by atoms with van der Waals surface area (Å²) in [6.07, 6.45) is -1.26. The van der Waals surface area contributed by atoms with Gasteiger partial charge in [0.05, 0.1) is 12.2 Å². The fourth-order valence-electron chi connectivity index (χ4n) is 2.58. The minimum absolute atomic E-state index is 0.516. The third-order valence-electron chi connectivity index (χ3n) is 3.73. The van der Waals surface area contributed by atoms with Gasteiger partial charge in [-0.3, -0.25) is 4.90 Å². The van der Waals surface area contributed by atoms with Gasteiger partial charge in [0.25, 0.3) is 0 Å². The summed E-state index contributed by atoms with van der Waals surface area (Å²) in [7, 11) is 0. The van der Waals surface area contributed by atoms with E-state index >= 15 is 0 Å². The molecule has 3 rings (SSSR count). The molecule has 1 saturated heterocycles. The highest BCUT2D eigenvalue weighted by Crippen LogP contribution is 2.20. The Morgan fingerprint density at radius 3 is 2.45 bits per heavy atom. The van der Waals surface area contributed by atoms with Crippen molar-refractivity contribution < 1.29 is 14.9 Å². The number of fused-ring (bicyclic) bond motifs is 1. The summed E-state index contributed by atoms with van der Waals surface area (Å²) in [6, 6.07) is 14.2. The third kappa shape index (κ3) is 2.93. The molecule has 0 saturated carbocycles. The summed E-state index contributed by atoms with van der Waals surface area (Å²) in [5.41, 5.74) is 0. The second-order valence-electron chi connectivity index (χ2n) is 5.25. The molecule has 0 aromatic heterocycles. The summed E-state index contributed by atoms with van der Waals surface area (Å²) in [5.74, 6) is 0.851. The van der Waals surface area contributed by atoms with Crippen LogP contribution in [0.15, 0.2) is 42.5 Å². The zero-order valence-corrected chi connectivity index (χ0v) is 11.3. The third-order valence-corrected chi connectivity index (χ3v) is 3.73. The first-order valence-electron chi connectivity index (χ1n) is 6.92. The minimum atomic E-state index is -0.629. The summed E-state index contributed by atoms with van der Waals surface area (Å²) >= 11 is 0. The molecule has 0 amide bonds. The number of likely N-dealkylation sites (tertiary alicyclic amines) is 1. The Kier molecular flexibility index (Phi) is 3.87.